The smallest absolute Gasteiger partial charge is 0.323 e. The molecule has 2 atom stereocenters. The number of halogens is 2. The monoisotopic (exact) mass is 367 g/mol. The normalized spacial score (nSPS) is 19.4. The van der Waals surface area contributed by atoms with Crippen molar-refractivity contribution < 1.29 is 14.3 Å². The maximum absolute atomic E-state index is 11.6. The lowest BCUT2D eigenvalue weighted by molar-refractivity contribution is -0.142. The zero-order valence-electron chi connectivity index (χ0n) is 13.2. The van der Waals surface area contributed by atoms with Gasteiger partial charge in [-0.2, -0.15) is 0 Å². The SMILES string of the molecule is COC(=O)[C@@H]1C[C@H](Oc2ccc(Cl)cc2-c2ccccc2)CN1.Cl. The molecule has 128 valence electrons. The molecule has 0 aromatic heterocycles. The molecule has 1 fully saturated rings. The van der Waals surface area contributed by atoms with Crippen molar-refractivity contribution in [2.24, 2.45) is 0 Å². The van der Waals surface area contributed by atoms with Crippen molar-refractivity contribution in [1.82, 2.24) is 5.32 Å². The Morgan fingerprint density at radius 2 is 1.96 bits per heavy atom. The highest BCUT2D eigenvalue weighted by molar-refractivity contribution is 6.31. The fourth-order valence-corrected chi connectivity index (χ4v) is 2.91. The fourth-order valence-electron chi connectivity index (χ4n) is 2.74. The fraction of sp³-hybridized carbons (Fsp3) is 0.278. The molecular formula is C18H19Cl2NO3. The molecule has 0 amide bonds. The Labute approximate surface area is 152 Å². The first-order valence-electron chi connectivity index (χ1n) is 7.50. The molecule has 1 aliphatic heterocycles. The lowest BCUT2D eigenvalue weighted by Crippen LogP contribution is -2.31. The van der Waals surface area contributed by atoms with E-state index in [-0.39, 0.29) is 30.5 Å². The summed E-state index contributed by atoms with van der Waals surface area (Å²) in [6, 6.07) is 15.2. The third kappa shape index (κ3) is 4.20. The van der Waals surface area contributed by atoms with Crippen LogP contribution in [0.4, 0.5) is 0 Å². The summed E-state index contributed by atoms with van der Waals surface area (Å²) in [6.07, 6.45) is 0.506. The lowest BCUT2D eigenvalue weighted by atomic mass is 10.0. The molecule has 4 nitrogen and oxygen atoms in total. The van der Waals surface area contributed by atoms with Gasteiger partial charge < -0.3 is 14.8 Å². The summed E-state index contributed by atoms with van der Waals surface area (Å²) in [4.78, 5) is 11.6. The van der Waals surface area contributed by atoms with Crippen molar-refractivity contribution in [3.05, 3.63) is 53.6 Å². The van der Waals surface area contributed by atoms with E-state index < -0.39 is 0 Å². The molecule has 0 saturated carbocycles. The van der Waals surface area contributed by atoms with Crippen LogP contribution < -0.4 is 10.1 Å². The Hall–Kier alpha value is -1.75. The third-order valence-corrected chi connectivity index (χ3v) is 4.13. The van der Waals surface area contributed by atoms with Gasteiger partial charge in [0.2, 0.25) is 0 Å². The van der Waals surface area contributed by atoms with E-state index >= 15 is 0 Å². The molecule has 1 aliphatic rings. The van der Waals surface area contributed by atoms with Gasteiger partial charge in [0.15, 0.2) is 0 Å². The van der Waals surface area contributed by atoms with Gasteiger partial charge in [-0.3, -0.25) is 4.79 Å². The molecule has 0 spiro atoms. The van der Waals surface area contributed by atoms with Gasteiger partial charge >= 0.3 is 5.97 Å². The van der Waals surface area contributed by atoms with Gasteiger partial charge in [-0.25, -0.2) is 0 Å². The predicted octanol–water partition coefficient (Wildman–Crippen LogP) is 3.71. The van der Waals surface area contributed by atoms with Gasteiger partial charge in [-0.05, 0) is 23.8 Å². The summed E-state index contributed by atoms with van der Waals surface area (Å²) < 4.78 is 10.9. The number of hydrogen-bond acceptors (Lipinski definition) is 4. The van der Waals surface area contributed by atoms with Gasteiger partial charge in [0.05, 0.1) is 7.11 Å². The minimum atomic E-state index is -0.308. The number of carbonyl (C=O) groups is 1. The minimum absolute atomic E-state index is 0. The number of esters is 1. The largest absolute Gasteiger partial charge is 0.488 e. The van der Waals surface area contributed by atoms with Crippen molar-refractivity contribution in [2.75, 3.05) is 13.7 Å². The lowest BCUT2D eigenvalue weighted by Gasteiger charge is -2.17. The predicted molar refractivity (Wildman–Crippen MR) is 97.0 cm³/mol. The first-order chi connectivity index (χ1) is 11.2. The topological polar surface area (TPSA) is 47.6 Å². The van der Waals surface area contributed by atoms with Crippen molar-refractivity contribution >= 4 is 30.0 Å². The van der Waals surface area contributed by atoms with Crippen LogP contribution in [0.15, 0.2) is 48.5 Å². The summed E-state index contributed by atoms with van der Waals surface area (Å²) in [5, 5.41) is 3.78. The minimum Gasteiger partial charge on any atom is -0.488 e. The first kappa shape index (κ1) is 18.6. The second-order valence-corrected chi connectivity index (χ2v) is 5.90. The highest BCUT2D eigenvalue weighted by atomic mass is 35.5. The molecule has 24 heavy (non-hydrogen) atoms. The number of methoxy groups -OCH3 is 1. The van der Waals surface area contributed by atoms with E-state index in [1.54, 1.807) is 0 Å². The average Bonchev–Trinajstić information content (AvgIpc) is 3.05. The second kappa shape index (κ2) is 8.38. The van der Waals surface area contributed by atoms with Crippen LogP contribution in [-0.4, -0.2) is 31.8 Å². The van der Waals surface area contributed by atoms with Crippen LogP contribution in [0.25, 0.3) is 11.1 Å². The second-order valence-electron chi connectivity index (χ2n) is 5.47. The quantitative estimate of drug-likeness (QED) is 0.836. The summed E-state index contributed by atoms with van der Waals surface area (Å²) in [7, 11) is 1.39. The van der Waals surface area contributed by atoms with Crippen molar-refractivity contribution in [3.63, 3.8) is 0 Å². The number of hydrogen-bond donors (Lipinski definition) is 1. The standard InChI is InChI=1S/C18H18ClNO3.ClH/c1-22-18(21)16-10-14(11-20-16)23-17-8-7-13(19)9-15(17)12-5-3-2-4-6-12;/h2-9,14,16,20H,10-11H2,1H3;1H/t14-,16-;/m0./s1. The Kier molecular flexibility index (Phi) is 6.49. The van der Waals surface area contributed by atoms with E-state index in [9.17, 15) is 4.79 Å². The van der Waals surface area contributed by atoms with Crippen LogP contribution in [-0.2, 0) is 9.53 Å². The van der Waals surface area contributed by atoms with E-state index in [1.807, 2.05) is 48.5 Å². The van der Waals surface area contributed by atoms with E-state index in [0.29, 0.717) is 18.0 Å². The number of carbonyl (C=O) groups excluding carboxylic acids is 1. The molecule has 0 bridgehead atoms. The maximum atomic E-state index is 11.6. The molecule has 1 saturated heterocycles. The number of rotatable bonds is 4. The molecule has 3 rings (SSSR count). The molecule has 2 aromatic rings. The molecule has 1 N–H and O–H groups in total. The molecule has 0 radical (unpaired) electrons. The van der Waals surface area contributed by atoms with Crippen LogP contribution >= 0.6 is 24.0 Å². The average molecular weight is 368 g/mol. The zero-order chi connectivity index (χ0) is 16.2. The van der Waals surface area contributed by atoms with Gasteiger partial charge in [0.25, 0.3) is 0 Å². The first-order valence-corrected chi connectivity index (χ1v) is 7.88. The molecule has 0 unspecified atom stereocenters. The number of benzene rings is 2. The van der Waals surface area contributed by atoms with Crippen LogP contribution in [0, 0.1) is 0 Å². The van der Waals surface area contributed by atoms with Crippen molar-refractivity contribution in [1.29, 1.82) is 0 Å². The van der Waals surface area contributed by atoms with E-state index in [4.69, 9.17) is 21.1 Å². The van der Waals surface area contributed by atoms with Crippen LogP contribution in [0.2, 0.25) is 5.02 Å². The summed E-state index contributed by atoms with van der Waals surface area (Å²) in [5.41, 5.74) is 1.99. The third-order valence-electron chi connectivity index (χ3n) is 3.90. The zero-order valence-corrected chi connectivity index (χ0v) is 14.8. The Morgan fingerprint density at radius 3 is 2.67 bits per heavy atom. The highest BCUT2D eigenvalue weighted by Crippen LogP contribution is 2.34. The van der Waals surface area contributed by atoms with E-state index in [1.165, 1.54) is 7.11 Å². The highest BCUT2D eigenvalue weighted by Gasteiger charge is 2.31. The van der Waals surface area contributed by atoms with E-state index in [0.717, 1.165) is 16.9 Å². The van der Waals surface area contributed by atoms with Gasteiger partial charge in [0, 0.05) is 23.6 Å². The van der Waals surface area contributed by atoms with E-state index in [2.05, 4.69) is 5.32 Å². The maximum Gasteiger partial charge on any atom is 0.323 e. The van der Waals surface area contributed by atoms with Crippen LogP contribution in [0.1, 0.15) is 6.42 Å². The van der Waals surface area contributed by atoms with Gasteiger partial charge in [-0.1, -0.05) is 41.9 Å². The molecule has 0 aliphatic carbocycles. The summed E-state index contributed by atoms with van der Waals surface area (Å²) in [6.45, 7) is 0.608. The number of nitrogens with one attached hydrogen (secondary N) is 1. The van der Waals surface area contributed by atoms with Gasteiger partial charge in [0.1, 0.15) is 17.9 Å². The van der Waals surface area contributed by atoms with Crippen molar-refractivity contribution in [2.45, 2.75) is 18.6 Å². The number of ether oxygens (including phenoxy) is 2. The molecule has 6 heteroatoms. The summed E-state index contributed by atoms with van der Waals surface area (Å²) >= 11 is 6.14. The van der Waals surface area contributed by atoms with Crippen molar-refractivity contribution in [3.8, 4) is 16.9 Å². The Balaban J connectivity index is 0.00000208. The summed E-state index contributed by atoms with van der Waals surface area (Å²) in [5.74, 6) is 0.508. The van der Waals surface area contributed by atoms with Crippen LogP contribution in [0.3, 0.4) is 0 Å². The molecular weight excluding hydrogens is 349 g/mol. The van der Waals surface area contributed by atoms with Gasteiger partial charge in [-0.15, -0.1) is 12.4 Å². The molecule has 2 aromatic carbocycles. The Morgan fingerprint density at radius 1 is 1.21 bits per heavy atom. The Bertz CT molecular complexity index is 694. The van der Waals surface area contributed by atoms with Crippen LogP contribution in [0.5, 0.6) is 5.75 Å². The molecule has 1 heterocycles.